The number of rotatable bonds is 11. The molecule has 3 heterocycles. The van der Waals surface area contributed by atoms with Crippen molar-refractivity contribution in [1.29, 1.82) is 0 Å². The fourth-order valence-electron chi connectivity index (χ4n) is 12.6. The van der Waals surface area contributed by atoms with Gasteiger partial charge in [-0.25, -0.2) is 0 Å². The lowest BCUT2D eigenvalue weighted by Crippen LogP contribution is -2.64. The highest BCUT2D eigenvalue weighted by atomic mass is 16.7. The van der Waals surface area contributed by atoms with Gasteiger partial charge in [-0.3, -0.25) is 9.59 Å². The second kappa shape index (κ2) is 17.9. The van der Waals surface area contributed by atoms with E-state index < -0.39 is 97.9 Å². The normalized spacial score (nSPS) is 50.0. The number of carbonyl (C=O) groups is 2. The summed E-state index contributed by atoms with van der Waals surface area (Å²) in [6.45, 7) is 13.8. The maximum Gasteiger partial charge on any atom is 0.318 e. The number of Topliss-reactive ketones (excluding diaryl/α,β-unsaturated/α-hetero) is 1. The van der Waals surface area contributed by atoms with Crippen LogP contribution in [0, 0.1) is 44.8 Å². The maximum absolute atomic E-state index is 14.7. The maximum atomic E-state index is 14.7. The Hall–Kier alpha value is -1.94. The Morgan fingerprint density at radius 2 is 1.38 bits per heavy atom. The lowest BCUT2D eigenvalue weighted by molar-refractivity contribution is -0.316. The van der Waals surface area contributed by atoms with Crippen molar-refractivity contribution in [3.8, 4) is 0 Å². The van der Waals surface area contributed by atoms with Crippen LogP contribution in [0.5, 0.6) is 0 Å². The Balaban J connectivity index is 1.12. The van der Waals surface area contributed by atoms with E-state index in [0.717, 1.165) is 24.8 Å². The van der Waals surface area contributed by atoms with Gasteiger partial charge in [0.05, 0.1) is 31.3 Å². The Morgan fingerprint density at radius 1 is 0.762 bits per heavy atom. The number of fused-ring (bicyclic) bond motifs is 5. The van der Waals surface area contributed by atoms with Crippen molar-refractivity contribution in [1.82, 2.24) is 0 Å². The predicted molar refractivity (Wildman–Crippen MR) is 221 cm³/mol. The van der Waals surface area contributed by atoms with Crippen LogP contribution in [-0.2, 0) is 38.0 Å². The van der Waals surface area contributed by atoms with Crippen LogP contribution in [-0.4, -0.2) is 164 Å². The molecule has 2 saturated carbocycles. The fourth-order valence-corrected chi connectivity index (χ4v) is 12.6. The van der Waals surface area contributed by atoms with Crippen molar-refractivity contribution in [3.05, 3.63) is 23.8 Å². The largest absolute Gasteiger partial charge is 0.432 e. The molecule has 0 unspecified atom stereocenters. The predicted octanol–water partition coefficient (Wildman–Crippen LogP) is 0.764. The summed E-state index contributed by atoms with van der Waals surface area (Å²) in [5.74, 6) is -0.699. The Labute approximate surface area is 369 Å². The molecule has 17 nitrogen and oxygen atoms in total. The van der Waals surface area contributed by atoms with E-state index in [9.17, 15) is 55.5 Å². The average molecular weight is 897 g/mol. The number of hydrogen-bond donors (Lipinski definition) is 9. The number of aliphatic hydroxyl groups excluding tert-OH is 9. The van der Waals surface area contributed by atoms with Gasteiger partial charge in [0.2, 0.25) is 6.29 Å². The van der Waals surface area contributed by atoms with Crippen molar-refractivity contribution in [3.63, 3.8) is 0 Å². The average Bonchev–Trinajstić information content (AvgIpc) is 3.23. The molecule has 358 valence electrons. The number of ether oxygens (including phenoxy) is 6. The lowest BCUT2D eigenvalue weighted by Gasteiger charge is -2.69. The van der Waals surface area contributed by atoms with Gasteiger partial charge >= 0.3 is 5.97 Å². The molecule has 17 heteroatoms. The summed E-state index contributed by atoms with van der Waals surface area (Å²) in [5, 5.41) is 94.0. The summed E-state index contributed by atoms with van der Waals surface area (Å²) in [6, 6.07) is 0. The van der Waals surface area contributed by atoms with Gasteiger partial charge in [0.25, 0.3) is 0 Å². The zero-order valence-corrected chi connectivity index (χ0v) is 37.6. The van der Waals surface area contributed by atoms with Crippen LogP contribution in [0.1, 0.15) is 99.8 Å². The molecule has 0 amide bonds. The fraction of sp³-hybridized carbons (Fsp3) is 0.870. The molecule has 9 N–H and O–H groups in total. The molecular formula is C46H72O17. The molecule has 0 spiro atoms. The summed E-state index contributed by atoms with van der Waals surface area (Å²) < 4.78 is 34.8. The first-order valence-corrected chi connectivity index (χ1v) is 22.8. The van der Waals surface area contributed by atoms with E-state index in [1.807, 2.05) is 13.0 Å². The third kappa shape index (κ3) is 8.42. The smallest absolute Gasteiger partial charge is 0.318 e. The zero-order valence-electron chi connectivity index (χ0n) is 37.6. The molecule has 0 radical (unpaired) electrons. The molecule has 0 bridgehead atoms. The van der Waals surface area contributed by atoms with Crippen molar-refractivity contribution in [2.75, 3.05) is 19.8 Å². The van der Waals surface area contributed by atoms with Gasteiger partial charge in [0.1, 0.15) is 66.8 Å². The first kappa shape index (κ1) is 49.0. The minimum absolute atomic E-state index is 0.0216. The van der Waals surface area contributed by atoms with Crippen LogP contribution in [0.15, 0.2) is 23.8 Å². The van der Waals surface area contributed by atoms with Gasteiger partial charge in [-0.15, -0.1) is 0 Å². The van der Waals surface area contributed by atoms with Gasteiger partial charge in [-0.2, -0.15) is 0 Å². The third-order valence-corrected chi connectivity index (χ3v) is 17.3. The van der Waals surface area contributed by atoms with E-state index >= 15 is 0 Å². The minimum atomic E-state index is -1.84. The summed E-state index contributed by atoms with van der Waals surface area (Å²) in [5.41, 5.74) is -1.34. The molecule has 0 aromatic rings. The lowest BCUT2D eigenvalue weighted by atomic mass is 9.36. The van der Waals surface area contributed by atoms with Crippen LogP contribution < -0.4 is 0 Å². The third-order valence-electron chi connectivity index (χ3n) is 17.3. The van der Waals surface area contributed by atoms with Gasteiger partial charge in [-0.1, -0.05) is 59.8 Å². The van der Waals surface area contributed by atoms with Crippen LogP contribution in [0.4, 0.5) is 0 Å². The topological polar surface area (TPSA) is 272 Å². The molecule has 5 fully saturated rings. The molecule has 7 rings (SSSR count). The van der Waals surface area contributed by atoms with Crippen LogP contribution in [0.3, 0.4) is 0 Å². The highest BCUT2D eigenvalue weighted by Gasteiger charge is 2.67. The van der Waals surface area contributed by atoms with Crippen LogP contribution in [0.2, 0.25) is 0 Å². The second-order valence-electron chi connectivity index (χ2n) is 21.2. The SMILES string of the molecule is CC(=O)[C@H](C)CC[C@@]1(C(=O)O[C@@H]2O[C@H](CO[C@@H]3OC[C@@H](O)[C@H](O)[C@H]3O)[C@@H](O)[C@H](O)[C@H]2O)C=C2C=C[C@@H]3[C@@]4(C)CC[C@H](O[C@@H]5OC[C@H](O)[C@H](O)[C@H]5O)C(C)(C)[C@@H]4CC[C@@]3(C)[C@]2(C)CC1. The number of esters is 1. The van der Waals surface area contributed by atoms with Gasteiger partial charge in [0, 0.05) is 5.92 Å². The van der Waals surface area contributed by atoms with Crippen molar-refractivity contribution >= 4 is 11.8 Å². The van der Waals surface area contributed by atoms with Crippen LogP contribution >= 0.6 is 0 Å². The zero-order chi connectivity index (χ0) is 46.2. The molecule has 3 aliphatic heterocycles. The van der Waals surface area contributed by atoms with Crippen molar-refractivity contribution < 1.29 is 84.0 Å². The Kier molecular flexibility index (Phi) is 13.9. The van der Waals surface area contributed by atoms with Gasteiger partial charge in [0.15, 0.2) is 12.6 Å². The number of allylic oxidation sites excluding steroid dienone is 3. The number of carbonyl (C=O) groups excluding carboxylic acids is 2. The molecule has 0 aromatic heterocycles. The molecular weight excluding hydrogens is 824 g/mol. The van der Waals surface area contributed by atoms with Crippen molar-refractivity contribution in [2.45, 2.75) is 186 Å². The van der Waals surface area contributed by atoms with E-state index in [0.29, 0.717) is 25.7 Å². The highest BCUT2D eigenvalue weighted by molar-refractivity contribution is 5.81. The summed E-state index contributed by atoms with van der Waals surface area (Å²) in [6.07, 6.45) is -8.23. The summed E-state index contributed by atoms with van der Waals surface area (Å²) in [4.78, 5) is 27.2. The van der Waals surface area contributed by atoms with Gasteiger partial charge in [-0.05, 0) is 97.4 Å². The van der Waals surface area contributed by atoms with Crippen LogP contribution in [0.25, 0.3) is 0 Å². The second-order valence-corrected chi connectivity index (χ2v) is 21.2. The van der Waals surface area contributed by atoms with Gasteiger partial charge < -0.3 is 74.4 Å². The standard InChI is InChI=1S/C46H72O17/c1-22(23(2)47)10-15-46(41(57)63-40-37(56)34(53)33(52)27(61-40)21-60-38-35(54)31(50)25(48)19-58-38)17-16-44(6)24(18-46)8-9-29-43(5)13-12-30(42(3,4)28(43)11-14-45(29,44)7)62-39-36(55)32(51)26(49)20-59-39/h8-9,18,22,25-40,48-56H,10-17,19-21H2,1-7H3/t22-,25-,26+,27-,28+,29-,30+,31+,32+,33-,34+,35-,36-,37-,38+,39+,40+,43+,44-,45-,46+/m1/s1. The van der Waals surface area contributed by atoms with E-state index in [1.165, 1.54) is 6.92 Å². The van der Waals surface area contributed by atoms with E-state index in [1.54, 1.807) is 0 Å². The monoisotopic (exact) mass is 896 g/mol. The summed E-state index contributed by atoms with van der Waals surface area (Å²) >= 11 is 0. The molecule has 0 aromatic carbocycles. The molecule has 21 atom stereocenters. The van der Waals surface area contributed by atoms with Crippen molar-refractivity contribution in [2.24, 2.45) is 44.8 Å². The first-order valence-electron chi connectivity index (χ1n) is 22.8. The molecule has 3 saturated heterocycles. The molecule has 63 heavy (non-hydrogen) atoms. The molecule has 7 aliphatic rings. The Morgan fingerprint density at radius 3 is 2.03 bits per heavy atom. The number of aliphatic hydroxyl groups is 9. The first-order chi connectivity index (χ1) is 29.4. The Bertz CT molecular complexity index is 1740. The highest BCUT2D eigenvalue weighted by Crippen LogP contribution is 2.73. The quantitative estimate of drug-likeness (QED) is 0.102. The number of hydrogen-bond acceptors (Lipinski definition) is 17. The summed E-state index contributed by atoms with van der Waals surface area (Å²) in [7, 11) is 0. The minimum Gasteiger partial charge on any atom is -0.432 e. The molecule has 4 aliphatic carbocycles. The number of ketones is 1. The van der Waals surface area contributed by atoms with E-state index in [4.69, 9.17) is 28.4 Å². The van der Waals surface area contributed by atoms with E-state index in [2.05, 4.69) is 46.8 Å². The van der Waals surface area contributed by atoms with E-state index in [-0.39, 0.29) is 70.9 Å².